The van der Waals surface area contributed by atoms with Crippen molar-refractivity contribution in [2.75, 3.05) is 26.1 Å². The highest BCUT2D eigenvalue weighted by atomic mass is 16.5. The van der Waals surface area contributed by atoms with Crippen LogP contribution in [0, 0.1) is 6.92 Å². The highest BCUT2D eigenvalue weighted by molar-refractivity contribution is 5.93. The lowest BCUT2D eigenvalue weighted by molar-refractivity contribution is -0.118. The molecule has 2 aromatic rings. The highest BCUT2D eigenvalue weighted by Gasteiger charge is 2.13. The number of hydrogen-bond acceptors (Lipinski definition) is 4. The van der Waals surface area contributed by atoms with Gasteiger partial charge in [-0.25, -0.2) is 0 Å². The minimum Gasteiger partial charge on any atom is -0.493 e. The molecule has 0 unspecified atom stereocenters. The van der Waals surface area contributed by atoms with Crippen molar-refractivity contribution >= 4 is 11.6 Å². The Morgan fingerprint density at radius 3 is 2.38 bits per heavy atom. The third-order valence-electron chi connectivity index (χ3n) is 4.43. The molecule has 0 bridgehead atoms. The van der Waals surface area contributed by atoms with Gasteiger partial charge in [0.1, 0.15) is 5.75 Å². The fourth-order valence-corrected chi connectivity index (χ4v) is 2.68. The second-order valence-corrected chi connectivity index (χ2v) is 6.21. The molecule has 0 saturated heterocycles. The zero-order chi connectivity index (χ0) is 19.1. The number of carbonyl (C=O) groups is 1. The standard InChI is InChI=1S/C21H27NO4/c1-6-14(2)16-9-7-8-10-18(16)26-13-21(23)22-17-12-20(25-5)19(24-4)11-15(17)3/h7-12,14H,6,13H2,1-5H3,(H,22,23)/t14-/m1/s1. The molecule has 5 heteroatoms. The van der Waals surface area contributed by atoms with Gasteiger partial charge in [0.2, 0.25) is 0 Å². The first kappa shape index (κ1) is 19.6. The number of carbonyl (C=O) groups excluding carboxylic acids is 1. The number of anilines is 1. The summed E-state index contributed by atoms with van der Waals surface area (Å²) in [4.78, 5) is 12.3. The predicted molar refractivity (Wildman–Crippen MR) is 104 cm³/mol. The molecule has 2 rings (SSSR count). The molecule has 0 heterocycles. The smallest absolute Gasteiger partial charge is 0.262 e. The zero-order valence-electron chi connectivity index (χ0n) is 16.1. The first-order chi connectivity index (χ1) is 12.5. The third-order valence-corrected chi connectivity index (χ3v) is 4.43. The number of hydrogen-bond donors (Lipinski definition) is 1. The van der Waals surface area contributed by atoms with Gasteiger partial charge in [0.15, 0.2) is 18.1 Å². The van der Waals surface area contributed by atoms with Crippen molar-refractivity contribution in [3.8, 4) is 17.2 Å². The fourth-order valence-electron chi connectivity index (χ4n) is 2.68. The normalized spacial score (nSPS) is 11.6. The van der Waals surface area contributed by atoms with Gasteiger partial charge in [-0.2, -0.15) is 0 Å². The topological polar surface area (TPSA) is 56.8 Å². The van der Waals surface area contributed by atoms with Crippen molar-refractivity contribution < 1.29 is 19.0 Å². The second-order valence-electron chi connectivity index (χ2n) is 6.21. The van der Waals surface area contributed by atoms with Crippen LogP contribution in [0.5, 0.6) is 17.2 Å². The zero-order valence-corrected chi connectivity index (χ0v) is 16.1. The summed E-state index contributed by atoms with van der Waals surface area (Å²) in [6.07, 6.45) is 1.01. The van der Waals surface area contributed by atoms with Crippen LogP contribution in [0.4, 0.5) is 5.69 Å². The number of nitrogens with one attached hydrogen (secondary N) is 1. The van der Waals surface area contributed by atoms with Gasteiger partial charge in [-0.15, -0.1) is 0 Å². The summed E-state index contributed by atoms with van der Waals surface area (Å²) in [6, 6.07) is 11.4. The molecule has 0 aromatic heterocycles. The number of ether oxygens (including phenoxy) is 3. The second kappa shape index (κ2) is 9.13. The average Bonchev–Trinajstić information content (AvgIpc) is 2.67. The molecule has 1 amide bonds. The molecular formula is C21H27NO4. The number of para-hydroxylation sites is 1. The van der Waals surface area contributed by atoms with E-state index in [1.807, 2.05) is 37.3 Å². The van der Waals surface area contributed by atoms with E-state index in [9.17, 15) is 4.79 Å². The van der Waals surface area contributed by atoms with Crippen molar-refractivity contribution in [1.29, 1.82) is 0 Å². The Morgan fingerprint density at radius 2 is 1.73 bits per heavy atom. The lowest BCUT2D eigenvalue weighted by Crippen LogP contribution is -2.21. The van der Waals surface area contributed by atoms with Gasteiger partial charge >= 0.3 is 0 Å². The van der Waals surface area contributed by atoms with Crippen LogP contribution in [0.15, 0.2) is 36.4 Å². The van der Waals surface area contributed by atoms with E-state index in [-0.39, 0.29) is 12.5 Å². The molecule has 0 fully saturated rings. The Kier molecular flexibility index (Phi) is 6.89. The summed E-state index contributed by atoms with van der Waals surface area (Å²) in [5.41, 5.74) is 2.67. The molecule has 1 atom stereocenters. The Morgan fingerprint density at radius 1 is 1.08 bits per heavy atom. The minimum atomic E-state index is -0.223. The maximum Gasteiger partial charge on any atom is 0.262 e. The van der Waals surface area contributed by atoms with Crippen LogP contribution in [-0.2, 0) is 4.79 Å². The van der Waals surface area contributed by atoms with Gasteiger partial charge in [-0.05, 0) is 42.5 Å². The SMILES string of the molecule is CC[C@@H](C)c1ccccc1OCC(=O)Nc1cc(OC)c(OC)cc1C. The summed E-state index contributed by atoms with van der Waals surface area (Å²) in [6.45, 7) is 6.13. The quantitative estimate of drug-likeness (QED) is 0.753. The molecule has 0 aliphatic carbocycles. The molecule has 0 aliphatic heterocycles. The molecule has 26 heavy (non-hydrogen) atoms. The van der Waals surface area contributed by atoms with Crippen LogP contribution < -0.4 is 19.5 Å². The van der Waals surface area contributed by atoms with Gasteiger partial charge in [-0.1, -0.05) is 32.0 Å². The Hall–Kier alpha value is -2.69. The molecular weight excluding hydrogens is 330 g/mol. The van der Waals surface area contributed by atoms with E-state index in [4.69, 9.17) is 14.2 Å². The van der Waals surface area contributed by atoms with Crippen LogP contribution in [0.25, 0.3) is 0 Å². The number of aryl methyl sites for hydroxylation is 1. The fraction of sp³-hybridized carbons (Fsp3) is 0.381. The monoisotopic (exact) mass is 357 g/mol. The number of benzene rings is 2. The van der Waals surface area contributed by atoms with Crippen LogP contribution >= 0.6 is 0 Å². The lowest BCUT2D eigenvalue weighted by atomic mass is 9.98. The maximum atomic E-state index is 12.3. The van der Waals surface area contributed by atoms with E-state index in [0.717, 1.165) is 23.3 Å². The summed E-state index contributed by atoms with van der Waals surface area (Å²) >= 11 is 0. The molecule has 140 valence electrons. The highest BCUT2D eigenvalue weighted by Crippen LogP contribution is 2.33. The Labute approximate surface area is 155 Å². The maximum absolute atomic E-state index is 12.3. The van der Waals surface area contributed by atoms with Crippen molar-refractivity contribution in [3.05, 3.63) is 47.5 Å². The summed E-state index contributed by atoms with van der Waals surface area (Å²) in [5, 5.41) is 2.87. The predicted octanol–water partition coefficient (Wildman–Crippen LogP) is 4.54. The van der Waals surface area contributed by atoms with E-state index in [0.29, 0.717) is 23.1 Å². The van der Waals surface area contributed by atoms with Crippen molar-refractivity contribution in [1.82, 2.24) is 0 Å². The van der Waals surface area contributed by atoms with E-state index in [1.165, 1.54) is 0 Å². The molecule has 0 spiro atoms. The van der Waals surface area contributed by atoms with E-state index < -0.39 is 0 Å². The van der Waals surface area contributed by atoms with Gasteiger partial charge < -0.3 is 19.5 Å². The first-order valence-electron chi connectivity index (χ1n) is 8.74. The van der Waals surface area contributed by atoms with Gasteiger partial charge in [0, 0.05) is 11.8 Å². The van der Waals surface area contributed by atoms with Gasteiger partial charge in [0.05, 0.1) is 14.2 Å². The van der Waals surface area contributed by atoms with Crippen molar-refractivity contribution in [3.63, 3.8) is 0 Å². The van der Waals surface area contributed by atoms with Gasteiger partial charge in [-0.3, -0.25) is 4.79 Å². The molecule has 1 N–H and O–H groups in total. The number of rotatable bonds is 8. The summed E-state index contributed by atoms with van der Waals surface area (Å²) < 4.78 is 16.3. The average molecular weight is 357 g/mol. The third kappa shape index (κ3) is 4.69. The van der Waals surface area contributed by atoms with E-state index in [2.05, 4.69) is 19.2 Å². The number of amides is 1. The lowest BCUT2D eigenvalue weighted by Gasteiger charge is -2.16. The largest absolute Gasteiger partial charge is 0.493 e. The molecule has 2 aromatic carbocycles. The molecule has 5 nitrogen and oxygen atoms in total. The van der Waals surface area contributed by atoms with Gasteiger partial charge in [0.25, 0.3) is 5.91 Å². The Bertz CT molecular complexity index is 758. The Balaban J connectivity index is 2.06. The van der Waals surface area contributed by atoms with Crippen LogP contribution in [0.1, 0.15) is 37.3 Å². The van der Waals surface area contributed by atoms with E-state index in [1.54, 1.807) is 20.3 Å². The van der Waals surface area contributed by atoms with E-state index >= 15 is 0 Å². The minimum absolute atomic E-state index is 0.0543. The van der Waals surface area contributed by atoms with Crippen LogP contribution in [-0.4, -0.2) is 26.7 Å². The van der Waals surface area contributed by atoms with Crippen molar-refractivity contribution in [2.45, 2.75) is 33.1 Å². The molecule has 0 saturated carbocycles. The molecule has 0 aliphatic rings. The van der Waals surface area contributed by atoms with Crippen LogP contribution in [0.2, 0.25) is 0 Å². The summed E-state index contributed by atoms with van der Waals surface area (Å²) in [5.74, 6) is 2.10. The first-order valence-corrected chi connectivity index (χ1v) is 8.74. The van der Waals surface area contributed by atoms with Crippen molar-refractivity contribution in [2.24, 2.45) is 0 Å². The molecule has 0 radical (unpaired) electrons. The number of methoxy groups -OCH3 is 2. The summed E-state index contributed by atoms with van der Waals surface area (Å²) in [7, 11) is 3.14. The van der Waals surface area contributed by atoms with Crippen LogP contribution in [0.3, 0.4) is 0 Å².